The molecular weight excluding hydrogens is 421 g/mol. The van der Waals surface area contributed by atoms with Crippen LogP contribution in [0.5, 0.6) is 0 Å². The van der Waals surface area contributed by atoms with E-state index in [0.717, 1.165) is 49.3 Å². The van der Waals surface area contributed by atoms with Crippen LogP contribution in [0.15, 0.2) is 66.9 Å². The van der Waals surface area contributed by atoms with Crippen LogP contribution in [-0.2, 0) is 6.54 Å². The fraction of sp³-hybridized carbons (Fsp3) is 0.136. The lowest BCUT2D eigenvalue weighted by atomic mass is 9.97. The van der Waals surface area contributed by atoms with Crippen LogP contribution in [0.4, 0.5) is 0 Å². The van der Waals surface area contributed by atoms with E-state index in [2.05, 4.69) is 46.2 Å². The number of benzene rings is 3. The van der Waals surface area contributed by atoms with Crippen molar-refractivity contribution in [3.05, 3.63) is 81.6 Å². The van der Waals surface area contributed by atoms with Crippen molar-refractivity contribution in [3.8, 4) is 0 Å². The molecule has 2 nitrogen and oxygen atoms in total. The zero-order chi connectivity index (χ0) is 17.4. The molecule has 0 fully saturated rings. The van der Waals surface area contributed by atoms with Crippen molar-refractivity contribution >= 4 is 50.0 Å². The molecular formula is C22H18INO. The number of ketones is 1. The summed E-state index contributed by atoms with van der Waals surface area (Å²) in [6.45, 7) is 3.07. The molecule has 0 atom stereocenters. The van der Waals surface area contributed by atoms with Gasteiger partial charge in [-0.3, -0.25) is 4.79 Å². The van der Waals surface area contributed by atoms with Crippen molar-refractivity contribution in [1.29, 1.82) is 0 Å². The molecule has 0 aliphatic rings. The van der Waals surface area contributed by atoms with Crippen LogP contribution in [0.1, 0.15) is 29.3 Å². The standard InChI is InChI=1S/C22H18INO/c1-2-13-24-14-19(17-9-5-6-10-21(17)24)22(25)18-11-12-20(23)16-8-4-3-7-15(16)18/h3-12,14H,2,13H2,1H3. The molecule has 1 heterocycles. The van der Waals surface area contributed by atoms with E-state index in [0.29, 0.717) is 0 Å². The first-order valence-electron chi connectivity index (χ1n) is 8.50. The first-order chi connectivity index (χ1) is 12.2. The summed E-state index contributed by atoms with van der Waals surface area (Å²) in [5, 5.41) is 3.18. The second-order valence-electron chi connectivity index (χ2n) is 6.22. The quantitative estimate of drug-likeness (QED) is 0.281. The Kier molecular flexibility index (Phi) is 4.34. The normalized spacial score (nSPS) is 11.3. The fourth-order valence-electron chi connectivity index (χ4n) is 3.46. The third kappa shape index (κ3) is 2.76. The summed E-state index contributed by atoms with van der Waals surface area (Å²) in [6.07, 6.45) is 3.06. The summed E-state index contributed by atoms with van der Waals surface area (Å²) in [6, 6.07) is 20.3. The van der Waals surface area contributed by atoms with Crippen molar-refractivity contribution in [2.45, 2.75) is 19.9 Å². The average Bonchev–Trinajstić information content (AvgIpc) is 3.01. The monoisotopic (exact) mass is 439 g/mol. The van der Waals surface area contributed by atoms with Crippen molar-refractivity contribution in [1.82, 2.24) is 4.57 Å². The van der Waals surface area contributed by atoms with Crippen molar-refractivity contribution in [2.75, 3.05) is 0 Å². The minimum Gasteiger partial charge on any atom is -0.347 e. The van der Waals surface area contributed by atoms with Gasteiger partial charge in [-0.15, -0.1) is 0 Å². The van der Waals surface area contributed by atoms with Gasteiger partial charge >= 0.3 is 0 Å². The van der Waals surface area contributed by atoms with Gasteiger partial charge in [-0.25, -0.2) is 0 Å². The smallest absolute Gasteiger partial charge is 0.195 e. The highest BCUT2D eigenvalue weighted by molar-refractivity contribution is 14.1. The largest absolute Gasteiger partial charge is 0.347 e. The summed E-state index contributed by atoms with van der Waals surface area (Å²) in [5.74, 6) is 0.0960. The van der Waals surface area contributed by atoms with E-state index in [1.54, 1.807) is 0 Å². The first-order valence-corrected chi connectivity index (χ1v) is 9.58. The van der Waals surface area contributed by atoms with E-state index < -0.39 is 0 Å². The molecule has 4 aromatic rings. The number of rotatable bonds is 4. The van der Waals surface area contributed by atoms with E-state index in [1.807, 2.05) is 54.7 Å². The summed E-state index contributed by atoms with van der Waals surface area (Å²) in [7, 11) is 0. The molecule has 0 saturated carbocycles. The molecule has 0 N–H and O–H groups in total. The molecule has 0 radical (unpaired) electrons. The lowest BCUT2D eigenvalue weighted by Gasteiger charge is -2.07. The number of fused-ring (bicyclic) bond motifs is 2. The van der Waals surface area contributed by atoms with Gasteiger partial charge in [-0.05, 0) is 58.0 Å². The predicted molar refractivity (Wildman–Crippen MR) is 112 cm³/mol. The number of carbonyl (C=O) groups is 1. The molecule has 0 aliphatic heterocycles. The van der Waals surface area contributed by atoms with Crippen LogP contribution in [0, 0.1) is 3.57 Å². The number of para-hydroxylation sites is 1. The van der Waals surface area contributed by atoms with Crippen LogP contribution < -0.4 is 0 Å². The number of hydrogen-bond acceptors (Lipinski definition) is 1. The SMILES string of the molecule is CCCn1cc(C(=O)c2ccc(I)c3ccccc23)c2ccccc21. The molecule has 124 valence electrons. The molecule has 1 aromatic heterocycles. The van der Waals surface area contributed by atoms with Crippen LogP contribution in [0.3, 0.4) is 0 Å². The summed E-state index contributed by atoms with van der Waals surface area (Å²) >= 11 is 2.33. The summed E-state index contributed by atoms with van der Waals surface area (Å²) in [5.41, 5.74) is 2.69. The first kappa shape index (κ1) is 16.3. The number of aryl methyl sites for hydroxylation is 1. The van der Waals surface area contributed by atoms with E-state index >= 15 is 0 Å². The molecule has 4 rings (SSSR count). The molecule has 0 amide bonds. The molecule has 0 bridgehead atoms. The topological polar surface area (TPSA) is 22.0 Å². The van der Waals surface area contributed by atoms with Gasteiger partial charge in [0.2, 0.25) is 0 Å². The fourth-order valence-corrected chi connectivity index (χ4v) is 4.11. The number of carbonyl (C=O) groups excluding carboxylic acids is 1. The maximum Gasteiger partial charge on any atom is 0.195 e. The minimum absolute atomic E-state index is 0.0960. The molecule has 0 aliphatic carbocycles. The Hall–Kier alpha value is -2.14. The summed E-state index contributed by atoms with van der Waals surface area (Å²) < 4.78 is 3.36. The average molecular weight is 439 g/mol. The van der Waals surface area contributed by atoms with E-state index in [9.17, 15) is 4.79 Å². The van der Waals surface area contributed by atoms with Crippen LogP contribution in [0.2, 0.25) is 0 Å². The molecule has 0 saturated heterocycles. The zero-order valence-electron chi connectivity index (χ0n) is 14.0. The van der Waals surface area contributed by atoms with Gasteiger partial charge in [0.1, 0.15) is 0 Å². The highest BCUT2D eigenvalue weighted by atomic mass is 127. The second kappa shape index (κ2) is 6.64. The van der Waals surface area contributed by atoms with Gasteiger partial charge in [-0.2, -0.15) is 0 Å². The second-order valence-corrected chi connectivity index (χ2v) is 7.39. The van der Waals surface area contributed by atoms with Crippen LogP contribution in [0.25, 0.3) is 21.7 Å². The Balaban J connectivity index is 1.93. The Morgan fingerprint density at radius 3 is 2.32 bits per heavy atom. The summed E-state index contributed by atoms with van der Waals surface area (Å²) in [4.78, 5) is 13.4. The number of aromatic nitrogens is 1. The number of halogens is 1. The van der Waals surface area contributed by atoms with Crippen molar-refractivity contribution in [3.63, 3.8) is 0 Å². The third-order valence-corrected chi connectivity index (χ3v) is 5.55. The van der Waals surface area contributed by atoms with Gasteiger partial charge in [0.15, 0.2) is 5.78 Å². The van der Waals surface area contributed by atoms with Crippen LogP contribution in [-0.4, -0.2) is 10.4 Å². The Morgan fingerprint density at radius 1 is 0.880 bits per heavy atom. The highest BCUT2D eigenvalue weighted by Gasteiger charge is 2.18. The lowest BCUT2D eigenvalue weighted by Crippen LogP contribution is -2.02. The Bertz CT molecular complexity index is 1090. The number of hydrogen-bond donors (Lipinski definition) is 0. The lowest BCUT2D eigenvalue weighted by molar-refractivity contribution is 0.104. The maximum atomic E-state index is 13.4. The van der Waals surface area contributed by atoms with E-state index in [4.69, 9.17) is 0 Å². The maximum absolute atomic E-state index is 13.4. The molecule has 0 spiro atoms. The third-order valence-electron chi connectivity index (χ3n) is 4.61. The molecule has 0 unspecified atom stereocenters. The van der Waals surface area contributed by atoms with Gasteiger partial charge in [-0.1, -0.05) is 49.4 Å². The van der Waals surface area contributed by atoms with Gasteiger partial charge < -0.3 is 4.57 Å². The number of nitrogens with zero attached hydrogens (tertiary/aromatic N) is 1. The van der Waals surface area contributed by atoms with Gasteiger partial charge in [0.05, 0.1) is 0 Å². The molecule has 3 heteroatoms. The van der Waals surface area contributed by atoms with Crippen molar-refractivity contribution in [2.24, 2.45) is 0 Å². The zero-order valence-corrected chi connectivity index (χ0v) is 16.2. The van der Waals surface area contributed by atoms with Crippen molar-refractivity contribution < 1.29 is 4.79 Å². The van der Waals surface area contributed by atoms with Crippen LogP contribution >= 0.6 is 22.6 Å². The van der Waals surface area contributed by atoms with E-state index in [-0.39, 0.29) is 5.78 Å². The predicted octanol–water partition coefficient (Wildman–Crippen LogP) is 6.04. The minimum atomic E-state index is 0.0960. The van der Waals surface area contributed by atoms with Gasteiger partial charge in [0.25, 0.3) is 0 Å². The highest BCUT2D eigenvalue weighted by Crippen LogP contribution is 2.29. The van der Waals surface area contributed by atoms with E-state index in [1.165, 1.54) is 0 Å². The molecule has 25 heavy (non-hydrogen) atoms. The molecule has 3 aromatic carbocycles. The Labute approximate surface area is 160 Å². The Morgan fingerprint density at radius 2 is 1.56 bits per heavy atom. The van der Waals surface area contributed by atoms with Gasteiger partial charge in [0, 0.05) is 38.3 Å².